The highest BCUT2D eigenvalue weighted by Gasteiger charge is 2.23. The van der Waals surface area contributed by atoms with Gasteiger partial charge in [0.2, 0.25) is 5.91 Å². The molecule has 0 saturated carbocycles. The van der Waals surface area contributed by atoms with E-state index in [1.54, 1.807) is 12.1 Å². The van der Waals surface area contributed by atoms with Gasteiger partial charge in [-0.15, -0.1) is 0 Å². The van der Waals surface area contributed by atoms with E-state index in [4.69, 9.17) is 5.84 Å². The largest absolute Gasteiger partial charge is 0.303 e. The van der Waals surface area contributed by atoms with Crippen LogP contribution in [0.1, 0.15) is 18.4 Å². The summed E-state index contributed by atoms with van der Waals surface area (Å²) in [6, 6.07) is 6.67. The van der Waals surface area contributed by atoms with Gasteiger partial charge in [0.25, 0.3) is 5.69 Å². The maximum absolute atomic E-state index is 11.4. The summed E-state index contributed by atoms with van der Waals surface area (Å²) in [5.41, 5.74) is 3.41. The Morgan fingerprint density at radius 3 is 2.48 bits per heavy atom. The maximum Gasteiger partial charge on any atom is 0.269 e. The number of hydrogen-bond acceptors (Lipinski definition) is 5. The van der Waals surface area contributed by atoms with Crippen LogP contribution < -0.4 is 11.3 Å². The zero-order valence-corrected chi connectivity index (χ0v) is 11.8. The highest BCUT2D eigenvalue weighted by atomic mass is 16.6. The Hall–Kier alpha value is -1.99. The number of nitrogens with zero attached hydrogens (tertiary/aromatic N) is 2. The number of hydrazine groups is 1. The number of nitro benzene ring substituents is 1. The number of nitrogens with one attached hydrogen (secondary N) is 1. The van der Waals surface area contributed by atoms with Crippen molar-refractivity contribution in [1.29, 1.82) is 0 Å². The van der Waals surface area contributed by atoms with E-state index in [9.17, 15) is 14.9 Å². The van der Waals surface area contributed by atoms with E-state index in [1.165, 1.54) is 12.1 Å². The Morgan fingerprint density at radius 2 is 1.95 bits per heavy atom. The van der Waals surface area contributed by atoms with Crippen molar-refractivity contribution in [3.63, 3.8) is 0 Å². The number of rotatable bonds is 5. The van der Waals surface area contributed by atoms with Crippen molar-refractivity contribution >= 4 is 11.6 Å². The van der Waals surface area contributed by atoms with Crippen molar-refractivity contribution in [2.24, 2.45) is 11.8 Å². The molecule has 3 N–H and O–H groups in total. The highest BCUT2D eigenvalue weighted by Crippen LogP contribution is 2.18. The zero-order chi connectivity index (χ0) is 15.2. The molecule has 1 aliphatic rings. The molecule has 0 spiro atoms. The summed E-state index contributed by atoms with van der Waals surface area (Å²) >= 11 is 0. The van der Waals surface area contributed by atoms with Gasteiger partial charge in [0.05, 0.1) is 4.92 Å². The SMILES string of the molecule is NNC(=O)C1CCN(CCc2ccc([N+](=O)[O-])cc2)CC1. The predicted molar refractivity (Wildman–Crippen MR) is 78.3 cm³/mol. The van der Waals surface area contributed by atoms with Crippen LogP contribution in [0.3, 0.4) is 0 Å². The summed E-state index contributed by atoms with van der Waals surface area (Å²) in [7, 11) is 0. The van der Waals surface area contributed by atoms with Crippen LogP contribution in [-0.2, 0) is 11.2 Å². The van der Waals surface area contributed by atoms with Crippen LogP contribution in [0.4, 0.5) is 5.69 Å². The normalized spacial score (nSPS) is 16.6. The van der Waals surface area contributed by atoms with Gasteiger partial charge in [-0.2, -0.15) is 0 Å². The minimum Gasteiger partial charge on any atom is -0.303 e. The number of non-ortho nitro benzene ring substituents is 1. The fraction of sp³-hybridized carbons (Fsp3) is 0.500. The van der Waals surface area contributed by atoms with E-state index in [1.807, 2.05) is 0 Å². The number of carbonyl (C=O) groups excluding carboxylic acids is 1. The Bertz CT molecular complexity index is 495. The molecule has 21 heavy (non-hydrogen) atoms. The van der Waals surface area contributed by atoms with Gasteiger partial charge in [0, 0.05) is 24.6 Å². The number of nitrogens with two attached hydrogens (primary N) is 1. The molecule has 7 nitrogen and oxygen atoms in total. The van der Waals surface area contributed by atoms with Gasteiger partial charge < -0.3 is 4.90 Å². The fourth-order valence-electron chi connectivity index (χ4n) is 2.61. The summed E-state index contributed by atoms with van der Waals surface area (Å²) in [5, 5.41) is 10.6. The number of likely N-dealkylation sites (tertiary alicyclic amines) is 1. The molecule has 1 aliphatic heterocycles. The van der Waals surface area contributed by atoms with Gasteiger partial charge in [0.15, 0.2) is 0 Å². The third kappa shape index (κ3) is 4.24. The second-order valence-electron chi connectivity index (χ2n) is 5.30. The Labute approximate surface area is 123 Å². The van der Waals surface area contributed by atoms with E-state index in [0.29, 0.717) is 0 Å². The molecule has 0 bridgehead atoms. The molecule has 0 unspecified atom stereocenters. The second-order valence-corrected chi connectivity index (χ2v) is 5.30. The molecule has 1 saturated heterocycles. The minimum absolute atomic E-state index is 0.0191. The van der Waals surface area contributed by atoms with E-state index in [0.717, 1.165) is 44.5 Å². The van der Waals surface area contributed by atoms with E-state index >= 15 is 0 Å². The second kappa shape index (κ2) is 7.14. The first-order chi connectivity index (χ1) is 10.1. The van der Waals surface area contributed by atoms with Crippen LogP contribution in [0, 0.1) is 16.0 Å². The summed E-state index contributed by atoms with van der Waals surface area (Å²) in [4.78, 5) is 23.9. The monoisotopic (exact) mass is 292 g/mol. The molecular weight excluding hydrogens is 272 g/mol. The lowest BCUT2D eigenvalue weighted by atomic mass is 9.96. The standard InChI is InChI=1S/C14H20N4O3/c15-16-14(19)12-6-9-17(10-7-12)8-5-11-1-3-13(4-2-11)18(20)21/h1-4,12H,5-10,15H2,(H,16,19). The smallest absolute Gasteiger partial charge is 0.269 e. The number of hydrogen-bond donors (Lipinski definition) is 2. The van der Waals surface area contributed by atoms with Crippen LogP contribution in [-0.4, -0.2) is 35.4 Å². The van der Waals surface area contributed by atoms with Gasteiger partial charge >= 0.3 is 0 Å². The first-order valence-electron chi connectivity index (χ1n) is 7.06. The number of carbonyl (C=O) groups is 1. The average Bonchev–Trinajstić information content (AvgIpc) is 2.53. The van der Waals surface area contributed by atoms with Crippen molar-refractivity contribution < 1.29 is 9.72 Å². The van der Waals surface area contributed by atoms with Gasteiger partial charge in [-0.25, -0.2) is 5.84 Å². The van der Waals surface area contributed by atoms with Gasteiger partial charge in [-0.05, 0) is 37.9 Å². The molecule has 1 heterocycles. The lowest BCUT2D eigenvalue weighted by molar-refractivity contribution is -0.384. The Kier molecular flexibility index (Phi) is 5.24. The number of nitro groups is 1. The van der Waals surface area contributed by atoms with Gasteiger partial charge in [-0.1, -0.05) is 12.1 Å². The van der Waals surface area contributed by atoms with Crippen LogP contribution >= 0.6 is 0 Å². The average molecular weight is 292 g/mol. The maximum atomic E-state index is 11.4. The molecule has 0 aromatic heterocycles. The molecule has 1 fully saturated rings. The topological polar surface area (TPSA) is 102 Å². The fourth-order valence-corrected chi connectivity index (χ4v) is 2.61. The third-order valence-corrected chi connectivity index (χ3v) is 3.96. The van der Waals surface area contributed by atoms with Crippen LogP contribution in [0.5, 0.6) is 0 Å². The van der Waals surface area contributed by atoms with E-state index in [2.05, 4.69) is 10.3 Å². The van der Waals surface area contributed by atoms with Crippen molar-refractivity contribution in [2.45, 2.75) is 19.3 Å². The molecule has 1 aromatic carbocycles. The van der Waals surface area contributed by atoms with Crippen LogP contribution in [0.15, 0.2) is 24.3 Å². The van der Waals surface area contributed by atoms with Gasteiger partial charge in [-0.3, -0.25) is 20.3 Å². The quantitative estimate of drug-likeness (QED) is 0.362. The molecule has 2 rings (SSSR count). The first-order valence-corrected chi connectivity index (χ1v) is 7.06. The summed E-state index contributed by atoms with van der Waals surface area (Å²) in [5.74, 6) is 5.08. The molecular formula is C14H20N4O3. The zero-order valence-electron chi connectivity index (χ0n) is 11.8. The molecule has 0 aliphatic carbocycles. The Balaban J connectivity index is 1.77. The van der Waals surface area contributed by atoms with Crippen molar-refractivity contribution in [3.05, 3.63) is 39.9 Å². The van der Waals surface area contributed by atoms with Crippen molar-refractivity contribution in [1.82, 2.24) is 10.3 Å². The molecule has 114 valence electrons. The number of piperidine rings is 1. The predicted octanol–water partition coefficient (Wildman–Crippen LogP) is 0.839. The number of benzene rings is 1. The molecule has 0 radical (unpaired) electrons. The van der Waals surface area contributed by atoms with Crippen LogP contribution in [0.2, 0.25) is 0 Å². The third-order valence-electron chi connectivity index (χ3n) is 3.96. The molecule has 7 heteroatoms. The van der Waals surface area contributed by atoms with E-state index in [-0.39, 0.29) is 17.5 Å². The minimum atomic E-state index is -0.392. The summed E-state index contributed by atoms with van der Waals surface area (Å²) in [6.45, 7) is 2.66. The lowest BCUT2D eigenvalue weighted by Crippen LogP contribution is -2.43. The lowest BCUT2D eigenvalue weighted by Gasteiger charge is -2.30. The Morgan fingerprint density at radius 1 is 1.33 bits per heavy atom. The van der Waals surface area contributed by atoms with Crippen molar-refractivity contribution in [2.75, 3.05) is 19.6 Å². The summed E-state index contributed by atoms with van der Waals surface area (Å²) in [6.07, 6.45) is 2.50. The highest BCUT2D eigenvalue weighted by molar-refractivity contribution is 5.78. The van der Waals surface area contributed by atoms with Crippen molar-refractivity contribution in [3.8, 4) is 0 Å². The summed E-state index contributed by atoms with van der Waals surface area (Å²) < 4.78 is 0. The molecule has 1 aromatic rings. The molecule has 1 amide bonds. The first kappa shape index (κ1) is 15.4. The van der Waals surface area contributed by atoms with E-state index < -0.39 is 4.92 Å². The number of amides is 1. The van der Waals surface area contributed by atoms with Crippen LogP contribution in [0.25, 0.3) is 0 Å². The van der Waals surface area contributed by atoms with Gasteiger partial charge in [0.1, 0.15) is 0 Å². The molecule has 0 atom stereocenters.